The number of piperidine rings is 1. The number of fused-ring (bicyclic) bond motifs is 1. The number of nitrogens with one attached hydrogen (secondary N) is 4. The SMILES string of the molecule is Cc1ccc(NC(=O)NCc2ccc3c(c2)CN(C2CCC(=O)N(C(=O)c4ccccc4CN(CCc4ccc(NC(=O)[C@H](C)NC(=O)[C@H](C)N)cc4)C(=O)O)C2=O)C3=O)cc1Cl. The molecule has 0 spiro atoms. The van der Waals surface area contributed by atoms with Crippen LogP contribution in [0.2, 0.25) is 5.02 Å². The quantitative estimate of drug-likeness (QED) is 0.0946. The Hall–Kier alpha value is -7.11. The Labute approximate surface area is 367 Å². The Morgan fingerprint density at radius 2 is 1.59 bits per heavy atom. The second kappa shape index (κ2) is 19.7. The van der Waals surface area contributed by atoms with Gasteiger partial charge in [-0.3, -0.25) is 28.8 Å². The normalized spacial score (nSPS) is 15.6. The minimum atomic E-state index is -1.27. The molecule has 2 heterocycles. The van der Waals surface area contributed by atoms with Crippen molar-refractivity contribution in [3.8, 4) is 0 Å². The van der Waals surface area contributed by atoms with Crippen LogP contribution in [0.3, 0.4) is 0 Å². The fourth-order valence-corrected chi connectivity index (χ4v) is 7.35. The summed E-state index contributed by atoms with van der Waals surface area (Å²) in [4.78, 5) is 107. The van der Waals surface area contributed by atoms with E-state index in [-0.39, 0.29) is 56.6 Å². The number of hydrogen-bond acceptors (Lipinski definition) is 9. The lowest BCUT2D eigenvalue weighted by molar-refractivity contribution is -0.148. The van der Waals surface area contributed by atoms with E-state index in [1.807, 2.05) is 6.92 Å². The van der Waals surface area contributed by atoms with Crippen LogP contribution >= 0.6 is 11.6 Å². The Balaban J connectivity index is 1.07. The van der Waals surface area contributed by atoms with E-state index in [2.05, 4.69) is 21.3 Å². The molecule has 328 valence electrons. The summed E-state index contributed by atoms with van der Waals surface area (Å²) in [5.41, 5.74) is 10.0. The van der Waals surface area contributed by atoms with Gasteiger partial charge in [0.15, 0.2) is 0 Å². The zero-order chi connectivity index (χ0) is 45.5. The number of halogens is 1. The number of carboxylic acid groups (broad SMARTS) is 1. The highest BCUT2D eigenvalue weighted by molar-refractivity contribution is 6.31. The standard InChI is InChI=1S/C45H47ClN8O9/c1-25-8-12-33(21-36(25)46)51-44(61)48-22-29-11-15-35-31(20-29)24-53(41(35)58)37-16-17-38(55)54(43(37)60)42(59)34-7-5-4-6-30(34)23-52(45(62)63)19-18-28-9-13-32(14-10-28)50-40(57)27(3)49-39(56)26(2)47/h4-15,20-21,26-27,37H,16-19,22-24,47H2,1-3H3,(H,49,56)(H,50,57)(H,62,63)(H2,48,51,61)/t26-,27-,37?/m0/s1. The van der Waals surface area contributed by atoms with Gasteiger partial charge in [0.2, 0.25) is 17.7 Å². The van der Waals surface area contributed by atoms with Crippen LogP contribution in [0, 0.1) is 6.92 Å². The van der Waals surface area contributed by atoms with Crippen LogP contribution in [-0.4, -0.2) is 92.0 Å². The molecule has 18 heteroatoms. The molecular weight excluding hydrogens is 832 g/mol. The molecule has 7 N–H and O–H groups in total. The van der Waals surface area contributed by atoms with Crippen molar-refractivity contribution in [1.29, 1.82) is 0 Å². The van der Waals surface area contributed by atoms with Crippen molar-refractivity contribution in [2.75, 3.05) is 17.2 Å². The van der Waals surface area contributed by atoms with E-state index in [9.17, 15) is 43.5 Å². The lowest BCUT2D eigenvalue weighted by Crippen LogP contribution is -2.56. The van der Waals surface area contributed by atoms with E-state index in [4.69, 9.17) is 17.3 Å². The molecule has 9 amide bonds. The highest BCUT2D eigenvalue weighted by Crippen LogP contribution is 2.31. The summed E-state index contributed by atoms with van der Waals surface area (Å²) in [6, 6.07) is 19.9. The number of anilines is 2. The topological polar surface area (TPSA) is 241 Å². The predicted octanol–water partition coefficient (Wildman–Crippen LogP) is 4.80. The number of hydrogen-bond donors (Lipinski definition) is 6. The number of benzene rings is 4. The van der Waals surface area contributed by atoms with Crippen LogP contribution in [0.4, 0.5) is 21.0 Å². The van der Waals surface area contributed by atoms with Gasteiger partial charge in [-0.2, -0.15) is 0 Å². The second-order valence-corrected chi connectivity index (χ2v) is 15.8. The lowest BCUT2D eigenvalue weighted by atomic mass is 9.99. The molecule has 63 heavy (non-hydrogen) atoms. The van der Waals surface area contributed by atoms with Crippen molar-refractivity contribution in [3.63, 3.8) is 0 Å². The molecule has 2 aliphatic heterocycles. The highest BCUT2D eigenvalue weighted by Gasteiger charge is 2.45. The third-order valence-electron chi connectivity index (χ3n) is 10.8. The van der Waals surface area contributed by atoms with Crippen LogP contribution in [0.25, 0.3) is 0 Å². The number of aryl methyl sites for hydroxylation is 1. The molecule has 0 bridgehead atoms. The van der Waals surface area contributed by atoms with Gasteiger partial charge < -0.3 is 41.9 Å². The Kier molecular flexibility index (Phi) is 14.2. The number of carbonyl (C=O) groups is 8. The summed E-state index contributed by atoms with van der Waals surface area (Å²) in [7, 11) is 0. The van der Waals surface area contributed by atoms with Crippen molar-refractivity contribution in [1.82, 2.24) is 25.3 Å². The summed E-state index contributed by atoms with van der Waals surface area (Å²) < 4.78 is 0. The third kappa shape index (κ3) is 10.9. The zero-order valence-electron chi connectivity index (χ0n) is 34.8. The highest BCUT2D eigenvalue weighted by atomic mass is 35.5. The minimum Gasteiger partial charge on any atom is -0.465 e. The molecule has 0 radical (unpaired) electrons. The van der Waals surface area contributed by atoms with Crippen molar-refractivity contribution in [2.24, 2.45) is 5.73 Å². The van der Waals surface area contributed by atoms with Gasteiger partial charge in [-0.1, -0.05) is 60.1 Å². The fourth-order valence-electron chi connectivity index (χ4n) is 7.17. The molecule has 4 aromatic rings. The van der Waals surface area contributed by atoms with E-state index < -0.39 is 65.7 Å². The van der Waals surface area contributed by atoms with Gasteiger partial charge in [-0.15, -0.1) is 0 Å². The lowest BCUT2D eigenvalue weighted by Gasteiger charge is -2.34. The summed E-state index contributed by atoms with van der Waals surface area (Å²) >= 11 is 6.16. The summed E-state index contributed by atoms with van der Waals surface area (Å²) in [5.74, 6) is -3.88. The predicted molar refractivity (Wildman–Crippen MR) is 232 cm³/mol. The number of amides is 9. The third-order valence-corrected chi connectivity index (χ3v) is 11.2. The fraction of sp³-hybridized carbons (Fsp3) is 0.289. The molecule has 0 saturated carbocycles. The van der Waals surface area contributed by atoms with Crippen LogP contribution < -0.4 is 27.0 Å². The summed E-state index contributed by atoms with van der Waals surface area (Å²) in [6.07, 6.45) is -1.18. The first-order valence-electron chi connectivity index (χ1n) is 20.2. The van der Waals surface area contributed by atoms with Gasteiger partial charge in [0.25, 0.3) is 17.7 Å². The van der Waals surface area contributed by atoms with Crippen molar-refractivity contribution in [2.45, 2.75) is 77.8 Å². The molecule has 3 atom stereocenters. The molecule has 0 aliphatic carbocycles. The summed E-state index contributed by atoms with van der Waals surface area (Å²) in [5, 5.41) is 21.4. The first-order valence-corrected chi connectivity index (χ1v) is 20.5. The first kappa shape index (κ1) is 45.4. The molecule has 0 aromatic heterocycles. The molecular formula is C45H47ClN8O9. The molecule has 1 saturated heterocycles. The van der Waals surface area contributed by atoms with Gasteiger partial charge >= 0.3 is 12.1 Å². The minimum absolute atomic E-state index is 0.00600. The number of nitrogens with two attached hydrogens (primary N) is 1. The molecule has 1 fully saturated rings. The largest absolute Gasteiger partial charge is 0.465 e. The van der Waals surface area contributed by atoms with Crippen molar-refractivity contribution in [3.05, 3.63) is 129 Å². The number of likely N-dealkylation sites (tertiary alicyclic amines) is 1. The number of nitrogens with zero attached hydrogens (tertiary/aromatic N) is 3. The van der Waals surface area contributed by atoms with E-state index >= 15 is 0 Å². The van der Waals surface area contributed by atoms with Crippen LogP contribution in [-0.2, 0) is 45.2 Å². The average molecular weight is 879 g/mol. The maximum absolute atomic E-state index is 14.1. The van der Waals surface area contributed by atoms with E-state index in [1.54, 1.807) is 78.9 Å². The molecule has 6 rings (SSSR count). The Bertz CT molecular complexity index is 2480. The van der Waals surface area contributed by atoms with Gasteiger partial charge in [-0.05, 0) is 97.8 Å². The van der Waals surface area contributed by atoms with Gasteiger partial charge in [-0.25, -0.2) is 14.5 Å². The number of carbonyl (C=O) groups excluding carboxylic acids is 7. The van der Waals surface area contributed by atoms with Crippen molar-refractivity contribution >= 4 is 70.5 Å². The first-order chi connectivity index (χ1) is 30.0. The molecule has 17 nitrogen and oxygen atoms in total. The number of urea groups is 1. The van der Waals surface area contributed by atoms with Crippen LogP contribution in [0.1, 0.15) is 75.2 Å². The number of rotatable bonds is 14. The maximum Gasteiger partial charge on any atom is 0.407 e. The van der Waals surface area contributed by atoms with E-state index in [0.717, 1.165) is 16.0 Å². The average Bonchev–Trinajstić information content (AvgIpc) is 3.57. The Morgan fingerprint density at radius 3 is 2.29 bits per heavy atom. The summed E-state index contributed by atoms with van der Waals surface area (Å²) in [6.45, 7) is 4.83. The molecule has 2 aliphatic rings. The van der Waals surface area contributed by atoms with Gasteiger partial charge in [0, 0.05) is 60.1 Å². The number of imide groups is 3. The molecule has 1 unspecified atom stereocenters. The Morgan fingerprint density at radius 1 is 0.889 bits per heavy atom. The maximum atomic E-state index is 14.1. The smallest absolute Gasteiger partial charge is 0.407 e. The second-order valence-electron chi connectivity index (χ2n) is 15.4. The van der Waals surface area contributed by atoms with Gasteiger partial charge in [0.05, 0.1) is 6.04 Å². The van der Waals surface area contributed by atoms with Crippen LogP contribution in [0.5, 0.6) is 0 Å². The van der Waals surface area contributed by atoms with E-state index in [0.29, 0.717) is 38.0 Å². The monoisotopic (exact) mass is 878 g/mol. The zero-order valence-corrected chi connectivity index (χ0v) is 35.5. The van der Waals surface area contributed by atoms with Crippen molar-refractivity contribution < 1.29 is 43.5 Å². The molecule has 4 aromatic carbocycles. The van der Waals surface area contributed by atoms with E-state index in [1.165, 1.54) is 24.8 Å². The van der Waals surface area contributed by atoms with Crippen LogP contribution in [0.15, 0.2) is 84.9 Å². The van der Waals surface area contributed by atoms with Gasteiger partial charge in [0.1, 0.15) is 12.1 Å².